The lowest BCUT2D eigenvalue weighted by molar-refractivity contribution is -0.383. The standard InChI is InChI=1S/C10H10ClN3O4/c1-6(10(15)18-2)12-13-8-4-3-7(11)5-9(8)14(16)17/h3-5,13H,1-2H3/b12-6+. The van der Waals surface area contributed by atoms with E-state index in [0.29, 0.717) is 0 Å². The first-order valence-corrected chi connectivity index (χ1v) is 5.16. The quantitative estimate of drug-likeness (QED) is 0.392. The molecule has 1 aromatic carbocycles. The molecule has 0 unspecified atom stereocenters. The van der Waals surface area contributed by atoms with Crippen LogP contribution in [0.4, 0.5) is 11.4 Å². The van der Waals surface area contributed by atoms with Gasteiger partial charge in [0.2, 0.25) is 0 Å². The van der Waals surface area contributed by atoms with Crippen molar-refractivity contribution in [3.05, 3.63) is 33.3 Å². The predicted octanol–water partition coefficient (Wildman–Crippen LogP) is 2.21. The molecule has 18 heavy (non-hydrogen) atoms. The zero-order valence-electron chi connectivity index (χ0n) is 9.64. The van der Waals surface area contributed by atoms with E-state index in [1.165, 1.54) is 32.2 Å². The van der Waals surface area contributed by atoms with Crippen molar-refractivity contribution in [2.45, 2.75) is 6.92 Å². The number of esters is 1. The van der Waals surface area contributed by atoms with E-state index in [-0.39, 0.29) is 22.1 Å². The van der Waals surface area contributed by atoms with Gasteiger partial charge in [0.15, 0.2) is 0 Å². The van der Waals surface area contributed by atoms with Gasteiger partial charge in [-0.2, -0.15) is 5.10 Å². The number of hydrogen-bond donors (Lipinski definition) is 1. The van der Waals surface area contributed by atoms with Crippen LogP contribution < -0.4 is 5.43 Å². The Morgan fingerprint density at radius 3 is 2.78 bits per heavy atom. The van der Waals surface area contributed by atoms with Gasteiger partial charge in [0.25, 0.3) is 5.69 Å². The van der Waals surface area contributed by atoms with Crippen molar-refractivity contribution in [1.82, 2.24) is 0 Å². The van der Waals surface area contributed by atoms with Crippen LogP contribution in [-0.2, 0) is 9.53 Å². The van der Waals surface area contributed by atoms with Gasteiger partial charge in [0, 0.05) is 11.1 Å². The summed E-state index contributed by atoms with van der Waals surface area (Å²) in [5.74, 6) is -0.626. The fourth-order valence-electron chi connectivity index (χ4n) is 1.09. The molecule has 0 aliphatic rings. The second kappa shape index (κ2) is 5.97. The Balaban J connectivity index is 2.98. The lowest BCUT2D eigenvalue weighted by Gasteiger charge is -2.03. The molecule has 0 aliphatic carbocycles. The number of hydrogen-bond acceptors (Lipinski definition) is 6. The van der Waals surface area contributed by atoms with E-state index in [0.717, 1.165) is 0 Å². The fraction of sp³-hybridized carbons (Fsp3) is 0.200. The summed E-state index contributed by atoms with van der Waals surface area (Å²) in [6.07, 6.45) is 0. The normalized spacial score (nSPS) is 10.9. The van der Waals surface area contributed by atoms with Gasteiger partial charge in [0.05, 0.1) is 12.0 Å². The third-order valence-electron chi connectivity index (χ3n) is 1.98. The SMILES string of the molecule is COC(=O)/C(C)=N/Nc1ccc(Cl)cc1[N+](=O)[O-]. The molecule has 1 aromatic rings. The molecule has 0 heterocycles. The molecule has 0 atom stereocenters. The number of methoxy groups -OCH3 is 1. The molecule has 96 valence electrons. The van der Waals surface area contributed by atoms with Crippen LogP contribution in [0.25, 0.3) is 0 Å². The molecule has 0 spiro atoms. The Bertz CT molecular complexity index is 516. The van der Waals surface area contributed by atoms with Crippen LogP contribution >= 0.6 is 11.6 Å². The minimum atomic E-state index is -0.626. The van der Waals surface area contributed by atoms with Gasteiger partial charge in [-0.15, -0.1) is 0 Å². The van der Waals surface area contributed by atoms with Gasteiger partial charge in [0.1, 0.15) is 11.4 Å². The molecule has 0 radical (unpaired) electrons. The minimum absolute atomic E-state index is 0.0433. The number of nitrogens with zero attached hydrogens (tertiary/aromatic N) is 2. The van der Waals surface area contributed by atoms with Gasteiger partial charge >= 0.3 is 5.97 Å². The number of anilines is 1. The van der Waals surface area contributed by atoms with Crippen molar-refractivity contribution in [1.29, 1.82) is 0 Å². The molecule has 1 rings (SSSR count). The van der Waals surface area contributed by atoms with Crippen LogP contribution in [0.5, 0.6) is 0 Å². The topological polar surface area (TPSA) is 93.8 Å². The molecular weight excluding hydrogens is 262 g/mol. The maximum absolute atomic E-state index is 11.1. The van der Waals surface area contributed by atoms with Crippen LogP contribution in [0.3, 0.4) is 0 Å². The Hall–Kier alpha value is -2.15. The molecule has 7 nitrogen and oxygen atoms in total. The van der Waals surface area contributed by atoms with Crippen molar-refractivity contribution in [3.63, 3.8) is 0 Å². The van der Waals surface area contributed by atoms with Gasteiger partial charge in [-0.3, -0.25) is 15.5 Å². The Morgan fingerprint density at radius 1 is 1.56 bits per heavy atom. The van der Waals surface area contributed by atoms with E-state index in [1.807, 2.05) is 0 Å². The smallest absolute Gasteiger partial charge is 0.353 e. The number of hydrazone groups is 1. The van der Waals surface area contributed by atoms with Crippen molar-refractivity contribution < 1.29 is 14.5 Å². The molecule has 0 fully saturated rings. The Kier molecular flexibility index (Phi) is 4.61. The molecule has 8 heteroatoms. The lowest BCUT2D eigenvalue weighted by atomic mass is 10.3. The van der Waals surface area contributed by atoms with E-state index < -0.39 is 10.9 Å². The summed E-state index contributed by atoms with van der Waals surface area (Å²) in [4.78, 5) is 21.2. The zero-order chi connectivity index (χ0) is 13.7. The number of nitrogens with one attached hydrogen (secondary N) is 1. The van der Waals surface area contributed by atoms with E-state index in [9.17, 15) is 14.9 Å². The summed E-state index contributed by atoms with van der Waals surface area (Å²) in [6, 6.07) is 4.06. The van der Waals surface area contributed by atoms with Gasteiger partial charge in [-0.25, -0.2) is 4.79 Å². The number of nitro groups is 1. The Morgan fingerprint density at radius 2 is 2.22 bits per heavy atom. The van der Waals surface area contributed by atoms with E-state index in [2.05, 4.69) is 15.3 Å². The average molecular weight is 272 g/mol. The summed E-state index contributed by atoms with van der Waals surface area (Å²) in [6.45, 7) is 1.42. The molecule has 0 saturated heterocycles. The van der Waals surface area contributed by atoms with Crippen molar-refractivity contribution in [2.75, 3.05) is 12.5 Å². The molecule has 0 bridgehead atoms. The highest BCUT2D eigenvalue weighted by molar-refractivity contribution is 6.35. The summed E-state index contributed by atoms with van der Waals surface area (Å²) in [5.41, 5.74) is 2.37. The summed E-state index contributed by atoms with van der Waals surface area (Å²) in [7, 11) is 1.21. The molecule has 0 aromatic heterocycles. The number of halogens is 1. The number of nitro benzene ring substituents is 1. The zero-order valence-corrected chi connectivity index (χ0v) is 10.4. The predicted molar refractivity (Wildman–Crippen MR) is 66.9 cm³/mol. The van der Waals surface area contributed by atoms with Crippen LogP contribution in [0.1, 0.15) is 6.92 Å². The summed E-state index contributed by atoms with van der Waals surface area (Å²) >= 11 is 5.65. The largest absolute Gasteiger partial charge is 0.464 e. The highest BCUT2D eigenvalue weighted by atomic mass is 35.5. The van der Waals surface area contributed by atoms with Crippen molar-refractivity contribution in [2.24, 2.45) is 5.10 Å². The van der Waals surface area contributed by atoms with Crippen molar-refractivity contribution >= 4 is 34.7 Å². The molecule has 0 amide bonds. The number of carbonyl (C=O) groups is 1. The summed E-state index contributed by atoms with van der Waals surface area (Å²) in [5, 5.41) is 14.7. The second-order valence-corrected chi connectivity index (χ2v) is 3.66. The number of carbonyl (C=O) groups excluding carboxylic acids is 1. The maximum Gasteiger partial charge on any atom is 0.353 e. The third-order valence-corrected chi connectivity index (χ3v) is 2.22. The molecule has 0 aliphatic heterocycles. The highest BCUT2D eigenvalue weighted by Crippen LogP contribution is 2.27. The number of ether oxygens (including phenoxy) is 1. The van der Waals surface area contributed by atoms with Crippen LogP contribution in [0, 0.1) is 10.1 Å². The van der Waals surface area contributed by atoms with Gasteiger partial charge < -0.3 is 4.74 Å². The van der Waals surface area contributed by atoms with E-state index >= 15 is 0 Å². The van der Waals surface area contributed by atoms with Gasteiger partial charge in [-0.1, -0.05) is 11.6 Å². The minimum Gasteiger partial charge on any atom is -0.464 e. The second-order valence-electron chi connectivity index (χ2n) is 3.22. The van der Waals surface area contributed by atoms with E-state index in [1.54, 1.807) is 0 Å². The molecule has 1 N–H and O–H groups in total. The Labute approximate surface area is 108 Å². The van der Waals surface area contributed by atoms with Crippen molar-refractivity contribution in [3.8, 4) is 0 Å². The molecular formula is C10H10ClN3O4. The van der Waals surface area contributed by atoms with Gasteiger partial charge in [-0.05, 0) is 19.1 Å². The van der Waals surface area contributed by atoms with E-state index in [4.69, 9.17) is 11.6 Å². The number of benzene rings is 1. The summed E-state index contributed by atoms with van der Waals surface area (Å²) < 4.78 is 4.43. The average Bonchev–Trinajstić information content (AvgIpc) is 2.35. The first-order chi connectivity index (χ1) is 8.45. The highest BCUT2D eigenvalue weighted by Gasteiger charge is 2.14. The third kappa shape index (κ3) is 3.42. The number of rotatable bonds is 4. The van der Waals surface area contributed by atoms with Crippen LogP contribution in [-0.4, -0.2) is 23.7 Å². The van der Waals surface area contributed by atoms with Crippen LogP contribution in [0.15, 0.2) is 23.3 Å². The first-order valence-electron chi connectivity index (χ1n) is 4.78. The maximum atomic E-state index is 11.1. The fourth-order valence-corrected chi connectivity index (χ4v) is 1.25. The monoisotopic (exact) mass is 271 g/mol. The lowest BCUT2D eigenvalue weighted by Crippen LogP contribution is -2.13. The van der Waals surface area contributed by atoms with Crippen LogP contribution in [0.2, 0.25) is 5.02 Å². The molecule has 0 saturated carbocycles. The first kappa shape index (κ1) is 13.9.